The maximum absolute atomic E-state index is 6.24. The average molecular weight is 304 g/mol. The Morgan fingerprint density at radius 3 is 2.89 bits per heavy atom. The van der Waals surface area contributed by atoms with Gasteiger partial charge in [-0.3, -0.25) is 0 Å². The Bertz CT molecular complexity index is 391. The third kappa shape index (κ3) is 3.80. The molecule has 1 saturated heterocycles. The Labute approximate surface area is 124 Å². The first-order valence-electron chi connectivity index (χ1n) is 6.43. The Morgan fingerprint density at radius 2 is 2.22 bits per heavy atom. The van der Waals surface area contributed by atoms with Crippen molar-refractivity contribution in [2.75, 3.05) is 12.8 Å². The van der Waals surface area contributed by atoms with E-state index in [0.29, 0.717) is 11.3 Å². The van der Waals surface area contributed by atoms with Gasteiger partial charge in [-0.25, -0.2) is 0 Å². The fourth-order valence-corrected chi connectivity index (χ4v) is 4.30. The molecule has 4 heteroatoms. The fourth-order valence-electron chi connectivity index (χ4n) is 2.44. The lowest BCUT2D eigenvalue weighted by atomic mass is 9.99. The molecule has 1 aliphatic rings. The molecule has 1 nitrogen and oxygen atoms in total. The second-order valence-electron chi connectivity index (χ2n) is 4.74. The number of rotatable bonds is 4. The minimum atomic E-state index is 0.478. The zero-order valence-corrected chi connectivity index (χ0v) is 12.9. The van der Waals surface area contributed by atoms with E-state index in [2.05, 4.69) is 17.1 Å². The van der Waals surface area contributed by atoms with Gasteiger partial charge in [-0.2, -0.15) is 11.8 Å². The largest absolute Gasteiger partial charge is 0.316 e. The van der Waals surface area contributed by atoms with E-state index in [1.807, 2.05) is 25.2 Å². The predicted octanol–water partition coefficient (Wildman–Crippen LogP) is 4.41. The number of thioether (sulfide) groups is 1. The van der Waals surface area contributed by atoms with Gasteiger partial charge in [0.2, 0.25) is 0 Å². The Morgan fingerprint density at radius 1 is 1.39 bits per heavy atom. The van der Waals surface area contributed by atoms with Crippen LogP contribution < -0.4 is 5.32 Å². The molecular formula is C14H19Cl2NS. The Kier molecular flexibility index (Phi) is 5.68. The number of likely N-dealkylation sites (N-methyl/N-ethyl adjacent to an activating group) is 1. The van der Waals surface area contributed by atoms with Gasteiger partial charge in [-0.1, -0.05) is 29.6 Å². The maximum Gasteiger partial charge on any atom is 0.0439 e. The summed E-state index contributed by atoms with van der Waals surface area (Å²) in [4.78, 5) is 0. The van der Waals surface area contributed by atoms with Crippen LogP contribution >= 0.6 is 35.0 Å². The molecule has 0 radical (unpaired) electrons. The molecular weight excluding hydrogens is 285 g/mol. The predicted molar refractivity (Wildman–Crippen MR) is 83.1 cm³/mol. The molecule has 1 heterocycles. The second-order valence-corrected chi connectivity index (χ2v) is 6.93. The smallest absolute Gasteiger partial charge is 0.0439 e. The summed E-state index contributed by atoms with van der Waals surface area (Å²) in [6, 6.07) is 6.20. The topological polar surface area (TPSA) is 12.0 Å². The molecule has 1 aliphatic heterocycles. The molecule has 1 aromatic carbocycles. The first kappa shape index (κ1) is 14.5. The molecule has 2 atom stereocenters. The molecule has 0 aliphatic carbocycles. The van der Waals surface area contributed by atoms with Crippen LogP contribution in [0.1, 0.15) is 24.8 Å². The molecule has 1 N–H and O–H groups in total. The SMILES string of the molecule is CNC(Cc1cc(Cl)ccc1Cl)C1CCCCS1. The highest BCUT2D eigenvalue weighted by Gasteiger charge is 2.23. The quantitative estimate of drug-likeness (QED) is 0.884. The molecule has 0 saturated carbocycles. The summed E-state index contributed by atoms with van der Waals surface area (Å²) < 4.78 is 0. The van der Waals surface area contributed by atoms with E-state index in [4.69, 9.17) is 23.2 Å². The van der Waals surface area contributed by atoms with Gasteiger partial charge < -0.3 is 5.32 Å². The summed E-state index contributed by atoms with van der Waals surface area (Å²) in [5.41, 5.74) is 1.15. The van der Waals surface area contributed by atoms with Gasteiger partial charge in [-0.15, -0.1) is 0 Å². The molecule has 0 aromatic heterocycles. The van der Waals surface area contributed by atoms with Crippen LogP contribution in [0.3, 0.4) is 0 Å². The zero-order valence-electron chi connectivity index (χ0n) is 10.6. The Hall–Kier alpha value is 0.110. The minimum Gasteiger partial charge on any atom is -0.316 e. The summed E-state index contributed by atoms with van der Waals surface area (Å²) >= 11 is 14.4. The lowest BCUT2D eigenvalue weighted by molar-refractivity contribution is 0.495. The van der Waals surface area contributed by atoms with Gasteiger partial charge in [0.05, 0.1) is 0 Å². The van der Waals surface area contributed by atoms with Crippen LogP contribution in [0.15, 0.2) is 18.2 Å². The molecule has 1 aromatic rings. The lowest BCUT2D eigenvalue weighted by Gasteiger charge is -2.30. The highest BCUT2D eigenvalue weighted by Crippen LogP contribution is 2.30. The van der Waals surface area contributed by atoms with E-state index in [1.165, 1.54) is 25.0 Å². The standard InChI is InChI=1S/C14H19Cl2NS/c1-17-13(14-4-2-3-7-18-14)9-10-8-11(15)5-6-12(10)16/h5-6,8,13-14,17H,2-4,7,9H2,1H3. The van der Waals surface area contributed by atoms with Crippen molar-refractivity contribution in [3.05, 3.63) is 33.8 Å². The number of nitrogens with one attached hydrogen (secondary N) is 1. The molecule has 2 unspecified atom stereocenters. The van der Waals surface area contributed by atoms with Gasteiger partial charge in [0.1, 0.15) is 0 Å². The van der Waals surface area contributed by atoms with E-state index >= 15 is 0 Å². The van der Waals surface area contributed by atoms with Crippen LogP contribution in [0.4, 0.5) is 0 Å². The molecule has 100 valence electrons. The van der Waals surface area contributed by atoms with Gasteiger partial charge in [0.15, 0.2) is 0 Å². The summed E-state index contributed by atoms with van der Waals surface area (Å²) in [7, 11) is 2.04. The molecule has 18 heavy (non-hydrogen) atoms. The summed E-state index contributed by atoms with van der Waals surface area (Å²) in [5, 5.41) is 5.72. The van der Waals surface area contributed by atoms with E-state index in [9.17, 15) is 0 Å². The van der Waals surface area contributed by atoms with Crippen LogP contribution in [0.2, 0.25) is 10.0 Å². The normalized spacial score (nSPS) is 21.8. The molecule has 2 rings (SSSR count). The highest BCUT2D eigenvalue weighted by atomic mass is 35.5. The van der Waals surface area contributed by atoms with Crippen LogP contribution in [-0.4, -0.2) is 24.1 Å². The monoisotopic (exact) mass is 303 g/mol. The van der Waals surface area contributed by atoms with E-state index < -0.39 is 0 Å². The van der Waals surface area contributed by atoms with Gasteiger partial charge in [0.25, 0.3) is 0 Å². The van der Waals surface area contributed by atoms with Gasteiger partial charge in [-0.05, 0) is 55.8 Å². The Balaban J connectivity index is 2.06. The summed E-state index contributed by atoms with van der Waals surface area (Å²) in [6.45, 7) is 0. The van der Waals surface area contributed by atoms with Crippen LogP contribution in [0.5, 0.6) is 0 Å². The van der Waals surface area contributed by atoms with Crippen molar-refractivity contribution < 1.29 is 0 Å². The van der Waals surface area contributed by atoms with Crippen LogP contribution in [0.25, 0.3) is 0 Å². The third-order valence-electron chi connectivity index (χ3n) is 3.48. The molecule has 0 spiro atoms. The second kappa shape index (κ2) is 7.04. The van der Waals surface area contributed by atoms with E-state index in [-0.39, 0.29) is 0 Å². The van der Waals surface area contributed by atoms with Crippen molar-refractivity contribution in [3.63, 3.8) is 0 Å². The van der Waals surface area contributed by atoms with Crippen molar-refractivity contribution in [3.8, 4) is 0 Å². The van der Waals surface area contributed by atoms with Crippen molar-refractivity contribution in [2.45, 2.75) is 37.0 Å². The number of halogens is 2. The van der Waals surface area contributed by atoms with Gasteiger partial charge in [0, 0.05) is 21.3 Å². The van der Waals surface area contributed by atoms with E-state index in [0.717, 1.165) is 22.0 Å². The highest BCUT2D eigenvalue weighted by molar-refractivity contribution is 8.00. The van der Waals surface area contributed by atoms with Crippen molar-refractivity contribution in [2.24, 2.45) is 0 Å². The number of hydrogen-bond acceptors (Lipinski definition) is 2. The van der Waals surface area contributed by atoms with Crippen LogP contribution in [0, 0.1) is 0 Å². The van der Waals surface area contributed by atoms with Crippen molar-refractivity contribution in [1.82, 2.24) is 5.32 Å². The average Bonchev–Trinajstić information content (AvgIpc) is 2.41. The molecule has 1 fully saturated rings. The van der Waals surface area contributed by atoms with Gasteiger partial charge >= 0.3 is 0 Å². The van der Waals surface area contributed by atoms with Crippen LogP contribution in [-0.2, 0) is 6.42 Å². The van der Waals surface area contributed by atoms with E-state index in [1.54, 1.807) is 0 Å². The number of hydrogen-bond donors (Lipinski definition) is 1. The summed E-state index contributed by atoms with van der Waals surface area (Å²) in [6.07, 6.45) is 4.95. The fraction of sp³-hybridized carbons (Fsp3) is 0.571. The van der Waals surface area contributed by atoms with Crippen molar-refractivity contribution in [1.29, 1.82) is 0 Å². The minimum absolute atomic E-state index is 0.478. The van der Waals surface area contributed by atoms with Crippen molar-refractivity contribution >= 4 is 35.0 Å². The molecule has 0 bridgehead atoms. The number of benzene rings is 1. The summed E-state index contributed by atoms with van der Waals surface area (Å²) in [5.74, 6) is 1.28. The lowest BCUT2D eigenvalue weighted by Crippen LogP contribution is -2.39. The molecule has 0 amide bonds. The first-order valence-corrected chi connectivity index (χ1v) is 8.24. The first-order chi connectivity index (χ1) is 8.70. The third-order valence-corrected chi connectivity index (χ3v) is 5.60. The zero-order chi connectivity index (χ0) is 13.0. The maximum atomic E-state index is 6.24.